The predicted octanol–water partition coefficient (Wildman–Crippen LogP) is 3.36. The Morgan fingerprint density at radius 2 is 1.19 bits per heavy atom. The second-order valence-corrected chi connectivity index (χ2v) is 7.17. The second-order valence-electron chi connectivity index (χ2n) is 7.17. The van der Waals surface area contributed by atoms with E-state index in [-0.39, 0.29) is 5.60 Å². The van der Waals surface area contributed by atoms with Gasteiger partial charge in [-0.25, -0.2) is 0 Å². The van der Waals surface area contributed by atoms with Crippen molar-refractivity contribution in [3.05, 3.63) is 0 Å². The van der Waals surface area contributed by atoms with Crippen LogP contribution in [0, 0.1) is 29.6 Å². The van der Waals surface area contributed by atoms with Gasteiger partial charge in [-0.2, -0.15) is 0 Å². The van der Waals surface area contributed by atoms with Gasteiger partial charge in [0, 0.05) is 0 Å². The molecule has 4 bridgehead atoms. The molecule has 90 valence electrons. The van der Waals surface area contributed by atoms with Crippen molar-refractivity contribution in [2.75, 3.05) is 0 Å². The zero-order chi connectivity index (χ0) is 10.8. The van der Waals surface area contributed by atoms with E-state index in [4.69, 9.17) is 0 Å². The summed E-state index contributed by atoms with van der Waals surface area (Å²) in [6, 6.07) is 0. The van der Waals surface area contributed by atoms with E-state index < -0.39 is 0 Å². The summed E-state index contributed by atoms with van der Waals surface area (Å²) >= 11 is 0. The van der Waals surface area contributed by atoms with Crippen molar-refractivity contribution in [3.8, 4) is 0 Å². The minimum absolute atomic E-state index is 0.218. The van der Waals surface area contributed by atoms with Crippen LogP contribution in [-0.4, -0.2) is 10.7 Å². The molecular formula is C15H24O. The summed E-state index contributed by atoms with van der Waals surface area (Å²) in [5.74, 6) is 4.02. The second kappa shape index (κ2) is 3.25. The third-order valence-corrected chi connectivity index (χ3v) is 6.46. The fraction of sp³-hybridized carbons (Fsp3) is 1.00. The van der Waals surface area contributed by atoms with E-state index in [9.17, 15) is 5.11 Å². The zero-order valence-electron chi connectivity index (χ0n) is 10.2. The molecule has 1 nitrogen and oxygen atoms in total. The lowest BCUT2D eigenvalue weighted by molar-refractivity contribution is -0.200. The van der Waals surface area contributed by atoms with Gasteiger partial charge in [-0.3, -0.25) is 0 Å². The first-order valence-electron chi connectivity index (χ1n) is 7.49. The molecule has 1 heteroatoms. The standard InChI is InChI=1S/C15H24O/c16-15(12-3-1-2-4-12)13-6-10-5-11(8-13)9-14(15)7-10/h10-14,16H,1-9H2. The van der Waals surface area contributed by atoms with Gasteiger partial charge in [0.05, 0.1) is 5.60 Å². The van der Waals surface area contributed by atoms with Gasteiger partial charge < -0.3 is 5.11 Å². The number of hydrogen-bond donors (Lipinski definition) is 1. The molecule has 5 fully saturated rings. The molecule has 0 spiro atoms. The molecular weight excluding hydrogens is 196 g/mol. The van der Waals surface area contributed by atoms with Gasteiger partial charge in [-0.15, -0.1) is 0 Å². The first-order chi connectivity index (χ1) is 7.77. The molecule has 0 aromatic carbocycles. The van der Waals surface area contributed by atoms with Crippen LogP contribution in [0.4, 0.5) is 0 Å². The van der Waals surface area contributed by atoms with Gasteiger partial charge in [0.1, 0.15) is 0 Å². The lowest BCUT2D eigenvalue weighted by Gasteiger charge is -2.61. The largest absolute Gasteiger partial charge is 0.389 e. The molecule has 0 saturated heterocycles. The summed E-state index contributed by atoms with van der Waals surface area (Å²) in [5, 5.41) is 11.3. The Kier molecular flexibility index (Phi) is 2.02. The molecule has 5 aliphatic rings. The monoisotopic (exact) mass is 220 g/mol. The molecule has 5 aliphatic carbocycles. The van der Waals surface area contributed by atoms with Crippen LogP contribution in [-0.2, 0) is 0 Å². The molecule has 0 atom stereocenters. The lowest BCUT2D eigenvalue weighted by Crippen LogP contribution is -2.60. The highest BCUT2D eigenvalue weighted by Gasteiger charge is 2.59. The third-order valence-electron chi connectivity index (χ3n) is 6.46. The maximum absolute atomic E-state index is 11.3. The average Bonchev–Trinajstić information content (AvgIpc) is 2.78. The molecule has 0 radical (unpaired) electrons. The van der Waals surface area contributed by atoms with Crippen LogP contribution >= 0.6 is 0 Å². The van der Waals surface area contributed by atoms with Crippen molar-refractivity contribution in [1.29, 1.82) is 0 Å². The maximum atomic E-state index is 11.3. The summed E-state index contributed by atoms with van der Waals surface area (Å²) in [6.07, 6.45) is 12.3. The van der Waals surface area contributed by atoms with E-state index in [1.807, 2.05) is 0 Å². The van der Waals surface area contributed by atoms with E-state index in [1.165, 1.54) is 57.8 Å². The van der Waals surface area contributed by atoms with E-state index in [0.29, 0.717) is 17.8 Å². The maximum Gasteiger partial charge on any atom is 0.0732 e. The molecule has 0 aromatic rings. The van der Waals surface area contributed by atoms with Crippen LogP contribution in [0.1, 0.15) is 57.8 Å². The van der Waals surface area contributed by atoms with Crippen molar-refractivity contribution in [1.82, 2.24) is 0 Å². The first-order valence-corrected chi connectivity index (χ1v) is 7.49. The van der Waals surface area contributed by atoms with Crippen LogP contribution in [0.2, 0.25) is 0 Å². The quantitative estimate of drug-likeness (QED) is 0.718. The molecule has 0 aliphatic heterocycles. The smallest absolute Gasteiger partial charge is 0.0732 e. The Labute approximate surface area is 98.6 Å². The van der Waals surface area contributed by atoms with Crippen molar-refractivity contribution in [2.24, 2.45) is 29.6 Å². The van der Waals surface area contributed by atoms with Crippen molar-refractivity contribution in [2.45, 2.75) is 63.4 Å². The number of hydrogen-bond acceptors (Lipinski definition) is 1. The van der Waals surface area contributed by atoms with Crippen LogP contribution in [0.25, 0.3) is 0 Å². The molecule has 5 saturated carbocycles. The summed E-state index contributed by atoms with van der Waals surface area (Å²) in [7, 11) is 0. The highest BCUT2D eigenvalue weighted by atomic mass is 16.3. The highest BCUT2D eigenvalue weighted by Crippen LogP contribution is 2.62. The molecule has 5 rings (SSSR count). The Balaban J connectivity index is 1.67. The van der Waals surface area contributed by atoms with E-state index in [2.05, 4.69) is 0 Å². The van der Waals surface area contributed by atoms with Crippen LogP contribution in [0.3, 0.4) is 0 Å². The Bertz CT molecular complexity index is 262. The zero-order valence-corrected chi connectivity index (χ0v) is 10.2. The number of rotatable bonds is 1. The van der Waals surface area contributed by atoms with Crippen LogP contribution in [0.15, 0.2) is 0 Å². The van der Waals surface area contributed by atoms with Crippen molar-refractivity contribution in [3.63, 3.8) is 0 Å². The minimum Gasteiger partial charge on any atom is -0.389 e. The van der Waals surface area contributed by atoms with Gasteiger partial charge in [0.2, 0.25) is 0 Å². The number of aliphatic hydroxyl groups is 1. The van der Waals surface area contributed by atoms with Crippen molar-refractivity contribution >= 4 is 0 Å². The fourth-order valence-corrected chi connectivity index (χ4v) is 5.99. The topological polar surface area (TPSA) is 20.2 Å². The lowest BCUT2D eigenvalue weighted by atomic mass is 9.47. The van der Waals surface area contributed by atoms with Gasteiger partial charge in [0.25, 0.3) is 0 Å². The van der Waals surface area contributed by atoms with E-state index in [0.717, 1.165) is 11.8 Å². The van der Waals surface area contributed by atoms with Crippen LogP contribution in [0.5, 0.6) is 0 Å². The molecule has 16 heavy (non-hydrogen) atoms. The molecule has 0 heterocycles. The van der Waals surface area contributed by atoms with Crippen LogP contribution < -0.4 is 0 Å². The first kappa shape index (κ1) is 9.94. The highest BCUT2D eigenvalue weighted by molar-refractivity contribution is 5.09. The SMILES string of the molecule is OC1(C2CCCC2)C2CC3CC(C2)CC1C3. The normalized spacial score (nSPS) is 56.1. The van der Waals surface area contributed by atoms with Gasteiger partial charge in [-0.1, -0.05) is 12.8 Å². The molecule has 0 amide bonds. The summed E-state index contributed by atoms with van der Waals surface area (Å²) < 4.78 is 0. The summed E-state index contributed by atoms with van der Waals surface area (Å²) in [6.45, 7) is 0. The summed E-state index contributed by atoms with van der Waals surface area (Å²) in [5.41, 5.74) is -0.218. The van der Waals surface area contributed by atoms with Crippen molar-refractivity contribution < 1.29 is 5.11 Å². The fourth-order valence-electron chi connectivity index (χ4n) is 5.99. The Morgan fingerprint density at radius 1 is 0.688 bits per heavy atom. The van der Waals surface area contributed by atoms with Gasteiger partial charge >= 0.3 is 0 Å². The Morgan fingerprint density at radius 3 is 1.69 bits per heavy atom. The average molecular weight is 220 g/mol. The van der Waals surface area contributed by atoms with E-state index >= 15 is 0 Å². The summed E-state index contributed by atoms with van der Waals surface area (Å²) in [4.78, 5) is 0. The third kappa shape index (κ3) is 1.16. The predicted molar refractivity (Wildman–Crippen MR) is 64.0 cm³/mol. The molecule has 0 aromatic heterocycles. The molecule has 1 N–H and O–H groups in total. The Hall–Kier alpha value is -0.0400. The van der Waals surface area contributed by atoms with Gasteiger partial charge in [-0.05, 0) is 74.5 Å². The molecule has 0 unspecified atom stereocenters. The van der Waals surface area contributed by atoms with E-state index in [1.54, 1.807) is 0 Å². The van der Waals surface area contributed by atoms with Gasteiger partial charge in [0.15, 0.2) is 0 Å². The minimum atomic E-state index is -0.218.